The highest BCUT2D eigenvalue weighted by Gasteiger charge is 2.23. The predicted octanol–water partition coefficient (Wildman–Crippen LogP) is 17.0. The molecule has 1 aliphatic carbocycles. The molecule has 2 heteroatoms. The van der Waals surface area contributed by atoms with Crippen molar-refractivity contribution in [3.8, 4) is 27.9 Å². The van der Waals surface area contributed by atoms with E-state index in [0.29, 0.717) is 5.92 Å². The lowest BCUT2D eigenvalue weighted by molar-refractivity contribution is 0.749. The van der Waals surface area contributed by atoms with Crippen LogP contribution in [0.1, 0.15) is 18.9 Å². The molecule has 1 heterocycles. The standard InChI is InChI=1S/C61H44N2/c1-41-17-15-20-43(37-41)51-26-11-13-31-58(51)62(48-35-33-42(34-36-48)56-39-45-18-5-7-25-50(45)53-28-9-10-29-54(53)56)49-24-16-21-44(38-49)57-40-46-19-6-8-27-52(46)61-60(57)55-30-12-14-32-59(55)63(61)47-22-3-2-4-23-47/h2-36,38-41H,37H2,1H3. The number of anilines is 3. The first-order chi connectivity index (χ1) is 31.2. The summed E-state index contributed by atoms with van der Waals surface area (Å²) in [5, 5.41) is 10.0. The summed E-state index contributed by atoms with van der Waals surface area (Å²) in [6.07, 6.45) is 7.83. The van der Waals surface area contributed by atoms with Gasteiger partial charge in [-0.1, -0.05) is 177 Å². The van der Waals surface area contributed by atoms with Crippen LogP contribution in [-0.2, 0) is 0 Å². The van der Waals surface area contributed by atoms with E-state index in [1.165, 1.54) is 87.5 Å². The monoisotopic (exact) mass is 804 g/mol. The first-order valence-electron chi connectivity index (χ1n) is 22.1. The maximum atomic E-state index is 2.47. The number of hydrogen-bond acceptors (Lipinski definition) is 1. The van der Waals surface area contributed by atoms with Crippen LogP contribution in [0.3, 0.4) is 0 Å². The second kappa shape index (κ2) is 15.2. The zero-order valence-corrected chi connectivity index (χ0v) is 35.1. The molecule has 1 unspecified atom stereocenters. The molecule has 0 amide bonds. The van der Waals surface area contributed by atoms with Crippen molar-refractivity contribution in [3.63, 3.8) is 0 Å². The summed E-state index contributed by atoms with van der Waals surface area (Å²) in [6.45, 7) is 2.31. The molecule has 298 valence electrons. The largest absolute Gasteiger partial charge is 0.310 e. The molecule has 10 aromatic carbocycles. The third kappa shape index (κ3) is 6.25. The van der Waals surface area contributed by atoms with Crippen molar-refractivity contribution in [1.29, 1.82) is 0 Å². The van der Waals surface area contributed by atoms with Gasteiger partial charge in [0.1, 0.15) is 0 Å². The molecule has 12 rings (SSSR count). The van der Waals surface area contributed by atoms with Gasteiger partial charge in [0.2, 0.25) is 0 Å². The van der Waals surface area contributed by atoms with Gasteiger partial charge in [-0.2, -0.15) is 0 Å². The smallest absolute Gasteiger partial charge is 0.0625 e. The normalized spacial score (nSPS) is 13.9. The van der Waals surface area contributed by atoms with Gasteiger partial charge in [-0.05, 0) is 128 Å². The molecular formula is C61H44N2. The zero-order chi connectivity index (χ0) is 41.9. The summed E-state index contributed by atoms with van der Waals surface area (Å²) in [5.74, 6) is 0.472. The third-order valence-corrected chi connectivity index (χ3v) is 13.1. The summed E-state index contributed by atoms with van der Waals surface area (Å²) in [4.78, 5) is 2.47. The molecule has 1 aliphatic rings. The average Bonchev–Trinajstić information content (AvgIpc) is 3.70. The van der Waals surface area contributed by atoms with E-state index in [1.54, 1.807) is 0 Å². The number of benzene rings is 10. The first kappa shape index (κ1) is 36.9. The minimum atomic E-state index is 0.472. The van der Waals surface area contributed by atoms with Crippen molar-refractivity contribution in [2.24, 2.45) is 5.92 Å². The number of para-hydroxylation sites is 3. The maximum Gasteiger partial charge on any atom is 0.0625 e. The Kier molecular flexibility index (Phi) is 8.90. The van der Waals surface area contributed by atoms with Gasteiger partial charge in [0.25, 0.3) is 0 Å². The first-order valence-corrected chi connectivity index (χ1v) is 22.1. The van der Waals surface area contributed by atoms with Crippen LogP contribution in [0, 0.1) is 5.92 Å². The molecule has 1 aromatic heterocycles. The van der Waals surface area contributed by atoms with Gasteiger partial charge >= 0.3 is 0 Å². The summed E-state index contributed by atoms with van der Waals surface area (Å²) in [7, 11) is 0. The van der Waals surface area contributed by atoms with Crippen LogP contribution in [0.25, 0.3) is 87.6 Å². The summed E-state index contributed by atoms with van der Waals surface area (Å²) < 4.78 is 2.45. The number of nitrogens with zero attached hydrogens (tertiary/aromatic N) is 2. The molecule has 0 N–H and O–H groups in total. The number of hydrogen-bond donors (Lipinski definition) is 0. The lowest BCUT2D eigenvalue weighted by atomic mass is 9.89. The SMILES string of the molecule is CC1C=CC=C(c2ccccc2N(c2ccc(-c3cc4ccccc4c4ccccc34)cc2)c2cccc(-c3cc4ccccc4c4c3c3ccccc3n4-c3ccccc3)c2)C1. The third-order valence-electron chi connectivity index (χ3n) is 13.1. The highest BCUT2D eigenvalue weighted by Crippen LogP contribution is 2.46. The number of fused-ring (bicyclic) bond motifs is 8. The fraction of sp³-hybridized carbons (Fsp3) is 0.0492. The van der Waals surface area contributed by atoms with Gasteiger partial charge in [-0.15, -0.1) is 0 Å². The minimum absolute atomic E-state index is 0.472. The van der Waals surface area contributed by atoms with E-state index in [9.17, 15) is 0 Å². The van der Waals surface area contributed by atoms with E-state index in [1.807, 2.05) is 0 Å². The maximum absolute atomic E-state index is 2.47. The highest BCUT2D eigenvalue weighted by atomic mass is 15.1. The Hall–Kier alpha value is -7.94. The summed E-state index contributed by atoms with van der Waals surface area (Å²) in [6, 6.07) is 78.2. The van der Waals surface area contributed by atoms with Crippen molar-refractivity contribution < 1.29 is 0 Å². The molecule has 63 heavy (non-hydrogen) atoms. The van der Waals surface area contributed by atoms with Gasteiger partial charge in [0, 0.05) is 38.8 Å². The van der Waals surface area contributed by atoms with Crippen LogP contribution in [0.4, 0.5) is 17.1 Å². The molecule has 0 aliphatic heterocycles. The van der Waals surface area contributed by atoms with E-state index in [4.69, 9.17) is 0 Å². The van der Waals surface area contributed by atoms with Crippen LogP contribution in [0.5, 0.6) is 0 Å². The molecule has 0 bridgehead atoms. The lowest BCUT2D eigenvalue weighted by Gasteiger charge is -2.30. The second-order valence-corrected chi connectivity index (χ2v) is 17.0. The van der Waals surface area contributed by atoms with Gasteiger partial charge in [-0.25, -0.2) is 0 Å². The molecule has 11 aromatic rings. The van der Waals surface area contributed by atoms with E-state index >= 15 is 0 Å². The van der Waals surface area contributed by atoms with Gasteiger partial charge in [0.15, 0.2) is 0 Å². The van der Waals surface area contributed by atoms with Crippen LogP contribution in [0.15, 0.2) is 231 Å². The van der Waals surface area contributed by atoms with Crippen molar-refractivity contribution >= 4 is 76.8 Å². The molecule has 0 saturated heterocycles. The number of rotatable bonds is 7. The van der Waals surface area contributed by atoms with Gasteiger partial charge < -0.3 is 9.47 Å². The highest BCUT2D eigenvalue weighted by molar-refractivity contribution is 6.24. The van der Waals surface area contributed by atoms with E-state index in [2.05, 4.69) is 247 Å². The fourth-order valence-electron chi connectivity index (χ4n) is 10.2. The van der Waals surface area contributed by atoms with Crippen LogP contribution in [0.2, 0.25) is 0 Å². The molecule has 0 radical (unpaired) electrons. The van der Waals surface area contributed by atoms with Crippen LogP contribution < -0.4 is 4.90 Å². The second-order valence-electron chi connectivity index (χ2n) is 17.0. The van der Waals surface area contributed by atoms with Crippen molar-refractivity contribution in [2.75, 3.05) is 4.90 Å². The zero-order valence-electron chi connectivity index (χ0n) is 35.1. The van der Waals surface area contributed by atoms with Crippen LogP contribution in [-0.4, -0.2) is 4.57 Å². The molecule has 0 fully saturated rings. The van der Waals surface area contributed by atoms with Crippen molar-refractivity contribution in [3.05, 3.63) is 236 Å². The summed E-state index contributed by atoms with van der Waals surface area (Å²) in [5.41, 5.74) is 14.4. The Bertz CT molecular complexity index is 3610. The molecule has 0 spiro atoms. The topological polar surface area (TPSA) is 8.17 Å². The Morgan fingerprint density at radius 3 is 1.92 bits per heavy atom. The Morgan fingerprint density at radius 2 is 1.11 bits per heavy atom. The molecule has 0 saturated carbocycles. The fourth-order valence-corrected chi connectivity index (χ4v) is 10.2. The summed E-state index contributed by atoms with van der Waals surface area (Å²) >= 11 is 0. The predicted molar refractivity (Wildman–Crippen MR) is 270 cm³/mol. The van der Waals surface area contributed by atoms with Crippen LogP contribution >= 0.6 is 0 Å². The van der Waals surface area contributed by atoms with Gasteiger partial charge in [-0.3, -0.25) is 0 Å². The van der Waals surface area contributed by atoms with E-state index in [-0.39, 0.29) is 0 Å². The Morgan fingerprint density at radius 1 is 0.460 bits per heavy atom. The van der Waals surface area contributed by atoms with Crippen molar-refractivity contribution in [2.45, 2.75) is 13.3 Å². The minimum Gasteiger partial charge on any atom is -0.310 e. The average molecular weight is 805 g/mol. The Labute approximate surface area is 367 Å². The van der Waals surface area contributed by atoms with Gasteiger partial charge in [0.05, 0.1) is 16.7 Å². The van der Waals surface area contributed by atoms with E-state index < -0.39 is 0 Å². The Balaban J connectivity index is 1.07. The number of aromatic nitrogens is 1. The lowest BCUT2D eigenvalue weighted by Crippen LogP contribution is -2.13. The van der Waals surface area contributed by atoms with E-state index in [0.717, 1.165) is 29.2 Å². The van der Waals surface area contributed by atoms with Crippen molar-refractivity contribution in [1.82, 2.24) is 4.57 Å². The number of allylic oxidation sites excluding steroid dienone is 4. The molecule has 1 atom stereocenters. The molecular weight excluding hydrogens is 761 g/mol. The quantitative estimate of drug-likeness (QED) is 0.146. The molecule has 2 nitrogen and oxygen atoms in total.